The monoisotopic (exact) mass is 299 g/mol. The molecule has 0 aliphatic carbocycles. The van der Waals surface area contributed by atoms with Crippen LogP contribution in [0.15, 0.2) is 29.2 Å². The van der Waals surface area contributed by atoms with Gasteiger partial charge in [-0.15, -0.1) is 11.8 Å². The fourth-order valence-electron chi connectivity index (χ4n) is 2.07. The van der Waals surface area contributed by atoms with E-state index in [-0.39, 0.29) is 12.0 Å². The third kappa shape index (κ3) is 4.71. The largest absolute Gasteiger partial charge is 0.391 e. The summed E-state index contributed by atoms with van der Waals surface area (Å²) in [5.74, 6) is 1.08. The molecule has 5 heteroatoms. The van der Waals surface area contributed by atoms with Crippen molar-refractivity contribution in [3.05, 3.63) is 29.3 Å². The molecule has 19 heavy (non-hydrogen) atoms. The summed E-state index contributed by atoms with van der Waals surface area (Å²) < 4.78 is 0. The highest BCUT2D eigenvalue weighted by molar-refractivity contribution is 7.99. The number of rotatable bonds is 5. The van der Waals surface area contributed by atoms with Gasteiger partial charge < -0.3 is 10.0 Å². The van der Waals surface area contributed by atoms with Crippen LogP contribution in [0, 0.1) is 0 Å². The molecule has 1 unspecified atom stereocenters. The van der Waals surface area contributed by atoms with E-state index in [9.17, 15) is 9.90 Å². The maximum absolute atomic E-state index is 11.8. The number of thioether (sulfide) groups is 1. The molecule has 0 radical (unpaired) electrons. The molecule has 1 aromatic carbocycles. The number of aliphatic hydroxyl groups excluding tert-OH is 1. The molecule has 0 spiro atoms. The number of β-amino-alcohol motifs (C(OH)–C–C–N with tert-alkyl or cyclic N) is 1. The van der Waals surface area contributed by atoms with Crippen molar-refractivity contribution in [2.24, 2.45) is 0 Å². The van der Waals surface area contributed by atoms with E-state index in [1.54, 1.807) is 16.7 Å². The first kappa shape index (κ1) is 14.7. The zero-order valence-corrected chi connectivity index (χ0v) is 12.3. The second kappa shape index (κ2) is 7.17. The first-order chi connectivity index (χ1) is 9.15. The summed E-state index contributed by atoms with van der Waals surface area (Å²) in [6.07, 6.45) is 1.81. The summed E-state index contributed by atoms with van der Waals surface area (Å²) in [6, 6.07) is 7.73. The zero-order chi connectivity index (χ0) is 13.7. The average molecular weight is 300 g/mol. The fraction of sp³-hybridized carbons (Fsp3) is 0.500. The molecule has 2 rings (SSSR count). The Hall–Kier alpha value is -0.710. The first-order valence-electron chi connectivity index (χ1n) is 6.49. The lowest BCUT2D eigenvalue weighted by Crippen LogP contribution is -2.29. The van der Waals surface area contributed by atoms with Gasteiger partial charge in [-0.05, 0) is 42.9 Å². The van der Waals surface area contributed by atoms with Crippen molar-refractivity contribution in [1.29, 1.82) is 0 Å². The van der Waals surface area contributed by atoms with E-state index < -0.39 is 0 Å². The third-order valence-electron chi connectivity index (χ3n) is 3.13. The van der Waals surface area contributed by atoms with Crippen molar-refractivity contribution in [1.82, 2.24) is 4.90 Å². The molecule has 0 aromatic heterocycles. The van der Waals surface area contributed by atoms with Gasteiger partial charge in [-0.3, -0.25) is 4.79 Å². The molecular weight excluding hydrogens is 282 g/mol. The number of hydrogen-bond acceptors (Lipinski definition) is 3. The van der Waals surface area contributed by atoms with Gasteiger partial charge in [-0.2, -0.15) is 0 Å². The molecule has 0 saturated carbocycles. The molecule has 1 atom stereocenters. The molecule has 3 nitrogen and oxygen atoms in total. The van der Waals surface area contributed by atoms with Crippen molar-refractivity contribution in [3.8, 4) is 0 Å². The van der Waals surface area contributed by atoms with Gasteiger partial charge in [0.25, 0.3) is 0 Å². The molecule has 1 aliphatic rings. The molecule has 1 N–H and O–H groups in total. The lowest BCUT2D eigenvalue weighted by atomic mass is 10.3. The maximum Gasteiger partial charge on any atom is 0.222 e. The Kier molecular flexibility index (Phi) is 5.55. The molecule has 0 bridgehead atoms. The van der Waals surface area contributed by atoms with E-state index in [0.29, 0.717) is 25.9 Å². The van der Waals surface area contributed by atoms with Crippen LogP contribution in [0.1, 0.15) is 19.3 Å². The molecule has 1 fully saturated rings. The van der Waals surface area contributed by atoms with Crippen LogP contribution in [-0.4, -0.2) is 40.9 Å². The zero-order valence-electron chi connectivity index (χ0n) is 10.7. The maximum atomic E-state index is 11.8. The van der Waals surface area contributed by atoms with Crippen LogP contribution in [-0.2, 0) is 4.79 Å². The van der Waals surface area contributed by atoms with Crippen LogP contribution in [0.25, 0.3) is 0 Å². The number of hydrogen-bond donors (Lipinski definition) is 1. The minimum absolute atomic E-state index is 0.160. The van der Waals surface area contributed by atoms with Crippen molar-refractivity contribution >= 4 is 29.3 Å². The molecule has 1 heterocycles. The molecular formula is C14H18ClNO2S. The highest BCUT2D eigenvalue weighted by Gasteiger charge is 2.23. The second-order valence-electron chi connectivity index (χ2n) is 4.69. The number of amides is 1. The normalized spacial score (nSPS) is 18.8. The number of likely N-dealkylation sites (tertiary alicyclic amines) is 1. The van der Waals surface area contributed by atoms with Gasteiger partial charge in [0.05, 0.1) is 6.10 Å². The van der Waals surface area contributed by atoms with Crippen LogP contribution in [0.5, 0.6) is 0 Å². The predicted molar refractivity (Wildman–Crippen MR) is 78.6 cm³/mol. The van der Waals surface area contributed by atoms with Crippen LogP contribution in [0.2, 0.25) is 5.02 Å². The van der Waals surface area contributed by atoms with E-state index in [2.05, 4.69) is 0 Å². The lowest BCUT2D eigenvalue weighted by molar-refractivity contribution is -0.130. The number of aliphatic hydroxyl groups is 1. The average Bonchev–Trinajstić information content (AvgIpc) is 2.83. The van der Waals surface area contributed by atoms with E-state index in [4.69, 9.17) is 11.6 Å². The summed E-state index contributed by atoms with van der Waals surface area (Å²) in [5, 5.41) is 10.1. The minimum Gasteiger partial charge on any atom is -0.391 e. The van der Waals surface area contributed by atoms with E-state index in [1.165, 1.54) is 4.90 Å². The van der Waals surface area contributed by atoms with Crippen molar-refractivity contribution in [2.75, 3.05) is 18.8 Å². The summed E-state index contributed by atoms with van der Waals surface area (Å²) in [5.41, 5.74) is 0. The van der Waals surface area contributed by atoms with Crippen LogP contribution in [0.3, 0.4) is 0 Å². The summed E-state index contributed by atoms with van der Waals surface area (Å²) in [6.45, 7) is 1.20. The van der Waals surface area contributed by atoms with Gasteiger partial charge in [0.15, 0.2) is 0 Å². The number of carbonyl (C=O) groups is 1. The Morgan fingerprint density at radius 2 is 2.16 bits per heavy atom. The lowest BCUT2D eigenvalue weighted by Gasteiger charge is -2.15. The van der Waals surface area contributed by atoms with Crippen molar-refractivity contribution < 1.29 is 9.90 Å². The topological polar surface area (TPSA) is 40.5 Å². The molecule has 104 valence electrons. The van der Waals surface area contributed by atoms with Crippen LogP contribution in [0.4, 0.5) is 0 Å². The molecule has 1 aliphatic heterocycles. The Bertz CT molecular complexity index is 424. The third-order valence-corrected chi connectivity index (χ3v) is 4.48. The Labute approximate surface area is 122 Å². The predicted octanol–water partition coefficient (Wildman–Crippen LogP) is 2.81. The van der Waals surface area contributed by atoms with Crippen molar-refractivity contribution in [3.63, 3.8) is 0 Å². The number of carbonyl (C=O) groups excluding carboxylic acids is 1. The number of nitrogens with zero attached hydrogens (tertiary/aromatic N) is 1. The number of benzene rings is 1. The fourth-order valence-corrected chi connectivity index (χ4v) is 3.05. The van der Waals surface area contributed by atoms with E-state index >= 15 is 0 Å². The highest BCUT2D eigenvalue weighted by atomic mass is 35.5. The first-order valence-corrected chi connectivity index (χ1v) is 7.86. The van der Waals surface area contributed by atoms with Gasteiger partial charge in [0, 0.05) is 29.4 Å². The quantitative estimate of drug-likeness (QED) is 0.671. The Morgan fingerprint density at radius 3 is 2.79 bits per heavy atom. The van der Waals surface area contributed by atoms with Gasteiger partial charge in [-0.1, -0.05) is 11.6 Å². The smallest absolute Gasteiger partial charge is 0.222 e. The highest BCUT2D eigenvalue weighted by Crippen LogP contribution is 2.21. The molecule has 1 saturated heterocycles. The van der Waals surface area contributed by atoms with E-state index in [1.807, 2.05) is 24.3 Å². The summed E-state index contributed by atoms with van der Waals surface area (Å²) in [7, 11) is 0. The molecule has 1 aromatic rings. The van der Waals surface area contributed by atoms with Crippen molar-refractivity contribution in [2.45, 2.75) is 30.3 Å². The van der Waals surface area contributed by atoms with E-state index in [0.717, 1.165) is 17.2 Å². The van der Waals surface area contributed by atoms with Gasteiger partial charge >= 0.3 is 0 Å². The van der Waals surface area contributed by atoms with Crippen LogP contribution < -0.4 is 0 Å². The van der Waals surface area contributed by atoms with Gasteiger partial charge in [0.1, 0.15) is 0 Å². The Balaban J connectivity index is 1.64. The number of halogens is 1. The second-order valence-corrected chi connectivity index (χ2v) is 6.29. The Morgan fingerprint density at radius 1 is 1.42 bits per heavy atom. The summed E-state index contributed by atoms with van der Waals surface area (Å²) >= 11 is 7.55. The molecule has 1 amide bonds. The van der Waals surface area contributed by atoms with Gasteiger partial charge in [-0.25, -0.2) is 0 Å². The SMILES string of the molecule is O=C(CCCSc1ccc(Cl)cc1)N1CCC(O)C1. The standard InChI is InChI=1S/C14H18ClNO2S/c15-11-3-5-13(6-4-11)19-9-1-2-14(18)16-8-7-12(17)10-16/h3-6,12,17H,1-2,7-10H2. The van der Waals surface area contributed by atoms with Crippen LogP contribution >= 0.6 is 23.4 Å². The minimum atomic E-state index is -0.326. The summed E-state index contributed by atoms with van der Waals surface area (Å²) in [4.78, 5) is 14.8. The van der Waals surface area contributed by atoms with Gasteiger partial charge in [0.2, 0.25) is 5.91 Å².